The number of para-hydroxylation sites is 1. The van der Waals surface area contributed by atoms with Crippen molar-refractivity contribution in [3.63, 3.8) is 0 Å². The van der Waals surface area contributed by atoms with Crippen molar-refractivity contribution in [3.8, 4) is 11.5 Å². The molecule has 0 saturated carbocycles. The first-order valence-electron chi connectivity index (χ1n) is 8.43. The van der Waals surface area contributed by atoms with E-state index in [0.717, 1.165) is 0 Å². The Morgan fingerprint density at radius 3 is 2.68 bits per heavy atom. The number of aromatic amines is 1. The van der Waals surface area contributed by atoms with Crippen LogP contribution in [0, 0.1) is 5.82 Å². The highest BCUT2D eigenvalue weighted by Gasteiger charge is 2.21. The van der Waals surface area contributed by atoms with Crippen molar-refractivity contribution in [2.75, 3.05) is 0 Å². The van der Waals surface area contributed by atoms with Crippen molar-refractivity contribution in [3.05, 3.63) is 82.2 Å². The second kappa shape index (κ2) is 7.07. The maximum atomic E-state index is 13.0. The number of aromatic nitrogens is 3. The van der Waals surface area contributed by atoms with Crippen LogP contribution >= 0.6 is 0 Å². The van der Waals surface area contributed by atoms with Crippen LogP contribution in [0.4, 0.5) is 4.39 Å². The Kier molecular flexibility index (Phi) is 4.44. The molecule has 2 aromatic heterocycles. The van der Waals surface area contributed by atoms with Gasteiger partial charge in [-0.2, -0.15) is 0 Å². The quantitative estimate of drug-likeness (QED) is 0.544. The first kappa shape index (κ1) is 17.6. The van der Waals surface area contributed by atoms with E-state index in [-0.39, 0.29) is 23.2 Å². The van der Waals surface area contributed by atoms with E-state index in [9.17, 15) is 14.0 Å². The third-order valence-electron chi connectivity index (χ3n) is 4.13. The second-order valence-electron chi connectivity index (χ2n) is 6.09. The number of hydrogen-bond acceptors (Lipinski definition) is 6. The number of rotatable bonds is 4. The number of fused-ring (bicyclic) bond motifs is 1. The third-order valence-corrected chi connectivity index (χ3v) is 4.13. The summed E-state index contributed by atoms with van der Waals surface area (Å²) in [5.74, 6) is -0.798. The molecule has 0 fully saturated rings. The smallest absolute Gasteiger partial charge is 0.339 e. The van der Waals surface area contributed by atoms with Crippen LogP contribution < -0.4 is 5.56 Å². The SMILES string of the molecule is C[C@H](OC(=O)c1cc(=O)[nH]c2ccccc12)c1nnc(-c2ccc(F)cc2)o1. The molecule has 0 radical (unpaired) electrons. The number of carbonyl (C=O) groups is 1. The zero-order valence-electron chi connectivity index (χ0n) is 14.7. The van der Waals surface area contributed by atoms with E-state index in [2.05, 4.69) is 15.2 Å². The van der Waals surface area contributed by atoms with Gasteiger partial charge in [-0.05, 0) is 37.3 Å². The van der Waals surface area contributed by atoms with Crippen molar-refractivity contribution in [1.82, 2.24) is 15.2 Å². The lowest BCUT2D eigenvalue weighted by Crippen LogP contribution is -2.14. The van der Waals surface area contributed by atoms with Crippen molar-refractivity contribution < 1.29 is 18.3 Å². The lowest BCUT2D eigenvalue weighted by atomic mass is 10.1. The Bertz CT molecular complexity index is 1210. The standard InChI is InChI=1S/C20H14FN3O4/c1-11(18-23-24-19(28-18)12-6-8-13(21)9-7-12)27-20(26)15-10-17(25)22-16-5-3-2-4-14(15)16/h2-11H,1H3,(H,22,25)/t11-/m0/s1. The summed E-state index contributed by atoms with van der Waals surface area (Å²) in [6, 6.07) is 13.7. The minimum Gasteiger partial charge on any atom is -0.449 e. The number of esters is 1. The van der Waals surface area contributed by atoms with Gasteiger partial charge in [-0.25, -0.2) is 9.18 Å². The van der Waals surface area contributed by atoms with E-state index in [4.69, 9.17) is 9.15 Å². The zero-order chi connectivity index (χ0) is 19.7. The van der Waals surface area contributed by atoms with Gasteiger partial charge in [0.1, 0.15) is 5.82 Å². The van der Waals surface area contributed by atoms with Crippen molar-refractivity contribution in [1.29, 1.82) is 0 Å². The highest BCUT2D eigenvalue weighted by molar-refractivity contribution is 6.03. The van der Waals surface area contributed by atoms with Gasteiger partial charge in [0.25, 0.3) is 5.89 Å². The van der Waals surface area contributed by atoms with Gasteiger partial charge in [0.2, 0.25) is 11.4 Å². The Morgan fingerprint density at radius 2 is 1.89 bits per heavy atom. The molecule has 7 nitrogen and oxygen atoms in total. The molecular weight excluding hydrogens is 365 g/mol. The Hall–Kier alpha value is -3.81. The fourth-order valence-electron chi connectivity index (χ4n) is 2.76. The van der Waals surface area contributed by atoms with Gasteiger partial charge < -0.3 is 14.1 Å². The van der Waals surface area contributed by atoms with Crippen LogP contribution in [0.3, 0.4) is 0 Å². The molecule has 1 atom stereocenters. The molecule has 0 amide bonds. The number of benzene rings is 2. The van der Waals surface area contributed by atoms with Crippen molar-refractivity contribution in [2.24, 2.45) is 0 Å². The third kappa shape index (κ3) is 3.39. The lowest BCUT2D eigenvalue weighted by Gasteiger charge is -2.10. The maximum Gasteiger partial charge on any atom is 0.339 e. The van der Waals surface area contributed by atoms with Gasteiger partial charge >= 0.3 is 5.97 Å². The summed E-state index contributed by atoms with van der Waals surface area (Å²) >= 11 is 0. The number of nitrogens with zero attached hydrogens (tertiary/aromatic N) is 2. The Labute approximate surface area is 157 Å². The van der Waals surface area contributed by atoms with E-state index >= 15 is 0 Å². The van der Waals surface area contributed by atoms with Crippen LogP contribution in [0.1, 0.15) is 29.3 Å². The molecule has 4 rings (SSSR count). The molecule has 8 heteroatoms. The predicted molar refractivity (Wildman–Crippen MR) is 98.1 cm³/mol. The number of hydrogen-bond donors (Lipinski definition) is 1. The van der Waals surface area contributed by atoms with Crippen LogP contribution in [0.5, 0.6) is 0 Å². The van der Waals surface area contributed by atoms with Crippen LogP contribution in [0.15, 0.2) is 63.8 Å². The molecule has 2 heterocycles. The molecule has 0 unspecified atom stereocenters. The van der Waals surface area contributed by atoms with Crippen LogP contribution in [-0.2, 0) is 4.74 Å². The Morgan fingerprint density at radius 1 is 1.14 bits per heavy atom. The van der Waals surface area contributed by atoms with Gasteiger partial charge in [0.15, 0.2) is 6.10 Å². The number of H-pyrrole nitrogens is 1. The van der Waals surface area contributed by atoms with Crippen LogP contribution in [0.25, 0.3) is 22.4 Å². The lowest BCUT2D eigenvalue weighted by molar-refractivity contribution is 0.0282. The molecule has 0 saturated heterocycles. The summed E-state index contributed by atoms with van der Waals surface area (Å²) in [5, 5.41) is 8.35. The van der Waals surface area contributed by atoms with E-state index in [1.54, 1.807) is 31.2 Å². The predicted octanol–water partition coefficient (Wildman–Crippen LogP) is 3.64. The monoisotopic (exact) mass is 379 g/mol. The first-order chi connectivity index (χ1) is 13.5. The van der Waals surface area contributed by atoms with E-state index < -0.39 is 17.6 Å². The van der Waals surface area contributed by atoms with Crippen molar-refractivity contribution in [2.45, 2.75) is 13.0 Å². The summed E-state index contributed by atoms with van der Waals surface area (Å²) in [4.78, 5) is 27.1. The van der Waals surface area contributed by atoms with Gasteiger partial charge in [-0.15, -0.1) is 10.2 Å². The number of nitrogens with one attached hydrogen (secondary N) is 1. The molecule has 0 aliphatic carbocycles. The van der Waals surface area contributed by atoms with Crippen molar-refractivity contribution >= 4 is 16.9 Å². The van der Waals surface area contributed by atoms with Gasteiger partial charge in [0, 0.05) is 22.5 Å². The van der Waals surface area contributed by atoms with E-state index in [1.807, 2.05) is 0 Å². The minimum atomic E-state index is -0.841. The number of pyridine rings is 1. The van der Waals surface area contributed by atoms with E-state index in [1.165, 1.54) is 30.3 Å². The van der Waals surface area contributed by atoms with Gasteiger partial charge in [0.05, 0.1) is 5.56 Å². The summed E-state index contributed by atoms with van der Waals surface area (Å²) in [6.07, 6.45) is -0.841. The van der Waals surface area contributed by atoms with E-state index in [0.29, 0.717) is 16.5 Å². The molecule has 0 bridgehead atoms. The minimum absolute atomic E-state index is 0.0850. The molecule has 140 valence electrons. The average molecular weight is 379 g/mol. The highest BCUT2D eigenvalue weighted by Crippen LogP contribution is 2.24. The first-order valence-corrected chi connectivity index (χ1v) is 8.43. The summed E-state index contributed by atoms with van der Waals surface area (Å²) in [5.41, 5.74) is 0.810. The fraction of sp³-hybridized carbons (Fsp3) is 0.100. The maximum absolute atomic E-state index is 13.0. The average Bonchev–Trinajstić information content (AvgIpc) is 3.18. The molecule has 4 aromatic rings. The normalized spacial score (nSPS) is 12.1. The summed E-state index contributed by atoms with van der Waals surface area (Å²) < 4.78 is 24.0. The second-order valence-corrected chi connectivity index (χ2v) is 6.09. The zero-order valence-corrected chi connectivity index (χ0v) is 14.7. The largest absolute Gasteiger partial charge is 0.449 e. The summed E-state index contributed by atoms with van der Waals surface area (Å²) in [6.45, 7) is 1.58. The fourth-order valence-corrected chi connectivity index (χ4v) is 2.76. The van der Waals surface area contributed by atoms with Crippen LogP contribution in [-0.4, -0.2) is 21.2 Å². The molecule has 1 N–H and O–H groups in total. The number of halogens is 1. The Balaban J connectivity index is 1.57. The topological polar surface area (TPSA) is 98.1 Å². The molecule has 0 spiro atoms. The summed E-state index contributed by atoms with van der Waals surface area (Å²) in [7, 11) is 0. The molecule has 2 aromatic carbocycles. The number of carbonyl (C=O) groups excluding carboxylic acids is 1. The van der Waals surface area contributed by atoms with Gasteiger partial charge in [-0.3, -0.25) is 4.79 Å². The highest BCUT2D eigenvalue weighted by atomic mass is 19.1. The van der Waals surface area contributed by atoms with Gasteiger partial charge in [-0.1, -0.05) is 18.2 Å². The van der Waals surface area contributed by atoms with Crippen LogP contribution in [0.2, 0.25) is 0 Å². The number of ether oxygens (including phenoxy) is 1. The molecule has 28 heavy (non-hydrogen) atoms. The molecule has 0 aliphatic heterocycles. The molecule has 0 aliphatic rings. The molecular formula is C20H14FN3O4.